The Balaban J connectivity index is 1.74. The largest absolute Gasteiger partial charge is 0.455 e. The number of carbonyl (C=O) groups excluding carboxylic acids is 4. The minimum absolute atomic E-state index is 0.0656. The zero-order valence-electron chi connectivity index (χ0n) is 31.0. The van der Waals surface area contributed by atoms with Gasteiger partial charge in [0.05, 0.1) is 0 Å². The molecule has 0 spiro atoms. The molecular weight excluding hydrogens is 588 g/mol. The number of fused-ring (bicyclic) bond motifs is 2. The Morgan fingerprint density at radius 1 is 0.553 bits per heavy atom. The van der Waals surface area contributed by atoms with E-state index in [1.165, 1.54) is 36.1 Å². The maximum atomic E-state index is 13.3. The van der Waals surface area contributed by atoms with Gasteiger partial charge in [0, 0.05) is 49.0 Å². The molecule has 0 unspecified atom stereocenters. The van der Waals surface area contributed by atoms with Crippen molar-refractivity contribution < 1.29 is 28.7 Å². The van der Waals surface area contributed by atoms with Gasteiger partial charge in [-0.05, 0) is 169 Å². The molecule has 0 aromatic heterocycles. The number of hydrogen-bond acceptors (Lipinski definition) is 6. The fraction of sp³-hybridized carbons (Fsp3) is 0.512. The maximum absolute atomic E-state index is 13.3. The van der Waals surface area contributed by atoms with E-state index < -0.39 is 11.2 Å². The Labute approximate surface area is 281 Å². The Bertz CT molecular complexity index is 1680. The molecule has 2 aromatic rings. The number of allylic oxidation sites excluding steroid dienone is 2. The molecule has 2 aliphatic carbocycles. The highest BCUT2D eigenvalue weighted by atomic mass is 16.6. The molecule has 4 rings (SSSR count). The SMILES string of the molecule is CC(=O)OC(C)(C)C1=C(C)C(=O)Cc2c(C)c(CCCc3c(C)c(C)c4c(c3C)CC(=O)C(C)=C4C(C)(C)OC(C)=O)c(C)c(C)c21. The van der Waals surface area contributed by atoms with E-state index in [-0.39, 0.29) is 23.5 Å². The molecule has 0 radical (unpaired) electrons. The van der Waals surface area contributed by atoms with Crippen LogP contribution in [0.25, 0.3) is 11.1 Å². The highest BCUT2D eigenvalue weighted by Crippen LogP contribution is 2.46. The Hall–Kier alpha value is -3.80. The lowest BCUT2D eigenvalue weighted by Crippen LogP contribution is -2.34. The minimum Gasteiger partial charge on any atom is -0.455 e. The molecule has 2 aromatic carbocycles. The molecule has 6 nitrogen and oxygen atoms in total. The molecule has 0 fully saturated rings. The molecule has 0 saturated heterocycles. The second-order valence-corrected chi connectivity index (χ2v) is 14.7. The predicted octanol–water partition coefficient (Wildman–Crippen LogP) is 8.19. The van der Waals surface area contributed by atoms with Crippen molar-refractivity contribution in [2.45, 2.75) is 140 Å². The van der Waals surface area contributed by atoms with Crippen molar-refractivity contribution in [1.29, 1.82) is 0 Å². The van der Waals surface area contributed by atoms with Gasteiger partial charge in [0.25, 0.3) is 0 Å². The molecule has 0 amide bonds. The summed E-state index contributed by atoms with van der Waals surface area (Å²) < 4.78 is 11.5. The van der Waals surface area contributed by atoms with Crippen LogP contribution >= 0.6 is 0 Å². The first-order valence-electron chi connectivity index (χ1n) is 16.8. The number of benzene rings is 2. The molecule has 0 N–H and O–H groups in total. The van der Waals surface area contributed by atoms with E-state index in [1.807, 2.05) is 41.5 Å². The van der Waals surface area contributed by atoms with Gasteiger partial charge in [-0.15, -0.1) is 0 Å². The average Bonchev–Trinajstić information content (AvgIpc) is 2.94. The van der Waals surface area contributed by atoms with Gasteiger partial charge >= 0.3 is 11.9 Å². The molecular formula is C41H52O6. The Morgan fingerprint density at radius 2 is 0.872 bits per heavy atom. The van der Waals surface area contributed by atoms with E-state index in [1.54, 1.807) is 0 Å². The highest BCUT2D eigenvalue weighted by molar-refractivity contribution is 6.10. The van der Waals surface area contributed by atoms with Crippen LogP contribution in [0.2, 0.25) is 0 Å². The second kappa shape index (κ2) is 12.7. The summed E-state index contributed by atoms with van der Waals surface area (Å²) in [7, 11) is 0. The summed E-state index contributed by atoms with van der Waals surface area (Å²) in [5.41, 5.74) is 14.7. The van der Waals surface area contributed by atoms with Gasteiger partial charge in [-0.3, -0.25) is 19.2 Å². The van der Waals surface area contributed by atoms with Crippen LogP contribution in [-0.2, 0) is 54.3 Å². The molecule has 0 aliphatic heterocycles. The number of Topliss-reactive ketones (excluding diaryl/α,β-unsaturated/α-hetero) is 2. The van der Waals surface area contributed by atoms with Gasteiger partial charge in [0.2, 0.25) is 0 Å². The van der Waals surface area contributed by atoms with Gasteiger partial charge in [0.1, 0.15) is 11.2 Å². The smallest absolute Gasteiger partial charge is 0.303 e. The summed E-state index contributed by atoms with van der Waals surface area (Å²) in [4.78, 5) is 50.7. The van der Waals surface area contributed by atoms with Crippen molar-refractivity contribution in [1.82, 2.24) is 0 Å². The zero-order chi connectivity index (χ0) is 35.5. The third-order valence-electron chi connectivity index (χ3n) is 10.8. The normalized spacial score (nSPS) is 15.2. The van der Waals surface area contributed by atoms with Crippen LogP contribution in [0.4, 0.5) is 0 Å². The zero-order valence-corrected chi connectivity index (χ0v) is 31.0. The Kier molecular flexibility index (Phi) is 9.71. The molecule has 0 heterocycles. The first-order valence-corrected chi connectivity index (χ1v) is 16.8. The van der Waals surface area contributed by atoms with Crippen molar-refractivity contribution in [2.75, 3.05) is 0 Å². The molecule has 2 aliphatic rings. The third kappa shape index (κ3) is 6.28. The molecule has 0 bridgehead atoms. The van der Waals surface area contributed by atoms with E-state index in [2.05, 4.69) is 41.5 Å². The minimum atomic E-state index is -0.937. The summed E-state index contributed by atoms with van der Waals surface area (Å²) >= 11 is 0. The molecule has 0 atom stereocenters. The molecule has 0 saturated carbocycles. The average molecular weight is 641 g/mol. The monoisotopic (exact) mass is 640 g/mol. The van der Waals surface area contributed by atoms with Crippen molar-refractivity contribution in [2.24, 2.45) is 0 Å². The summed E-state index contributed by atoms with van der Waals surface area (Å²) in [5, 5.41) is 0. The first-order chi connectivity index (χ1) is 21.6. The number of hydrogen-bond donors (Lipinski definition) is 0. The second-order valence-electron chi connectivity index (χ2n) is 14.7. The van der Waals surface area contributed by atoms with Crippen LogP contribution in [0.5, 0.6) is 0 Å². The number of esters is 2. The Morgan fingerprint density at radius 3 is 1.17 bits per heavy atom. The highest BCUT2D eigenvalue weighted by Gasteiger charge is 2.39. The number of carbonyl (C=O) groups is 4. The van der Waals surface area contributed by atoms with Gasteiger partial charge in [-0.2, -0.15) is 0 Å². The lowest BCUT2D eigenvalue weighted by molar-refractivity contribution is -0.150. The van der Waals surface area contributed by atoms with Crippen LogP contribution in [0, 0.1) is 41.5 Å². The summed E-state index contributed by atoms with van der Waals surface area (Å²) in [6, 6.07) is 0. The summed E-state index contributed by atoms with van der Waals surface area (Å²) in [6.07, 6.45) is 3.29. The van der Waals surface area contributed by atoms with E-state index >= 15 is 0 Å². The molecule has 47 heavy (non-hydrogen) atoms. The third-order valence-corrected chi connectivity index (χ3v) is 10.8. The van der Waals surface area contributed by atoms with Crippen LogP contribution in [-0.4, -0.2) is 34.7 Å². The maximum Gasteiger partial charge on any atom is 0.303 e. The van der Waals surface area contributed by atoms with Crippen molar-refractivity contribution in [3.8, 4) is 0 Å². The van der Waals surface area contributed by atoms with Gasteiger partial charge in [-0.25, -0.2) is 0 Å². The molecule has 252 valence electrons. The van der Waals surface area contributed by atoms with Gasteiger partial charge in [0.15, 0.2) is 11.6 Å². The quantitative estimate of drug-likeness (QED) is 0.271. The lowest BCUT2D eigenvalue weighted by atomic mass is 9.72. The van der Waals surface area contributed by atoms with Crippen molar-refractivity contribution in [3.05, 3.63) is 77.9 Å². The van der Waals surface area contributed by atoms with Crippen molar-refractivity contribution in [3.63, 3.8) is 0 Å². The summed E-state index contributed by atoms with van der Waals surface area (Å²) in [5.74, 6) is -0.618. The lowest BCUT2D eigenvalue weighted by Gasteiger charge is -2.36. The number of ether oxygens (including phenoxy) is 2. The van der Waals surface area contributed by atoms with E-state index in [0.717, 1.165) is 74.9 Å². The summed E-state index contributed by atoms with van der Waals surface area (Å²) in [6.45, 7) is 26.8. The van der Waals surface area contributed by atoms with Crippen LogP contribution in [0.15, 0.2) is 11.1 Å². The fourth-order valence-electron chi connectivity index (χ4n) is 8.46. The van der Waals surface area contributed by atoms with Crippen LogP contribution in [0.1, 0.15) is 129 Å². The van der Waals surface area contributed by atoms with Gasteiger partial charge in [-0.1, -0.05) is 0 Å². The van der Waals surface area contributed by atoms with Gasteiger partial charge < -0.3 is 9.47 Å². The molecule has 6 heteroatoms. The number of rotatable bonds is 8. The van der Waals surface area contributed by atoms with Crippen molar-refractivity contribution >= 4 is 34.7 Å². The number of ketones is 2. The topological polar surface area (TPSA) is 86.7 Å². The standard InChI is InChI=1S/C41H52O6/c1-20-22(3)36-32(18-34(44)26(7)38(36)40(11,12)46-28(9)42)24(5)30(20)16-15-17-31-21(2)23(4)37-33(25(31)6)19-35(45)27(8)39(37)41(13,14)47-29(10)43/h15-19H2,1-14H3. The van der Waals surface area contributed by atoms with E-state index in [0.29, 0.717) is 24.0 Å². The van der Waals surface area contributed by atoms with Crippen LogP contribution < -0.4 is 0 Å². The fourth-order valence-corrected chi connectivity index (χ4v) is 8.46. The first kappa shape index (κ1) is 36.0. The van der Waals surface area contributed by atoms with Crippen LogP contribution in [0.3, 0.4) is 0 Å². The van der Waals surface area contributed by atoms with E-state index in [9.17, 15) is 19.2 Å². The van der Waals surface area contributed by atoms with E-state index in [4.69, 9.17) is 9.47 Å². The predicted molar refractivity (Wildman–Crippen MR) is 188 cm³/mol.